The van der Waals surface area contributed by atoms with Gasteiger partial charge < -0.3 is 15.4 Å². The lowest BCUT2D eigenvalue weighted by Crippen LogP contribution is -2.38. The van der Waals surface area contributed by atoms with Crippen molar-refractivity contribution in [2.24, 2.45) is 0 Å². The first kappa shape index (κ1) is 16.0. The third kappa shape index (κ3) is 4.82. The molecule has 1 aliphatic heterocycles. The first-order valence-corrected chi connectivity index (χ1v) is 6.42. The molecule has 0 radical (unpaired) electrons. The fourth-order valence-corrected chi connectivity index (χ4v) is 2.09. The van der Waals surface area contributed by atoms with Crippen molar-refractivity contribution < 1.29 is 9.53 Å². The predicted octanol–water partition coefficient (Wildman–Crippen LogP) is 1.74. The number of halogens is 1. The van der Waals surface area contributed by atoms with Crippen LogP contribution in [0.2, 0.25) is 0 Å². The maximum Gasteiger partial charge on any atom is 0.251 e. The van der Waals surface area contributed by atoms with E-state index in [0.29, 0.717) is 0 Å². The van der Waals surface area contributed by atoms with Gasteiger partial charge in [0.15, 0.2) is 0 Å². The van der Waals surface area contributed by atoms with Crippen LogP contribution in [0.25, 0.3) is 0 Å². The van der Waals surface area contributed by atoms with E-state index in [0.717, 1.165) is 38.2 Å². The van der Waals surface area contributed by atoms with Gasteiger partial charge in [0.05, 0.1) is 0 Å². The number of hydrogen-bond donors (Lipinski definition) is 2. The lowest BCUT2D eigenvalue weighted by molar-refractivity contribution is 0.0696. The fraction of sp³-hybridized carbons (Fsp3) is 0.500. The second-order valence-electron chi connectivity index (χ2n) is 4.59. The summed E-state index contributed by atoms with van der Waals surface area (Å²) >= 11 is 0. The van der Waals surface area contributed by atoms with E-state index in [9.17, 15) is 4.79 Å². The summed E-state index contributed by atoms with van der Waals surface area (Å²) in [5, 5.41) is 6.14. The number of nitrogens with one attached hydrogen (secondary N) is 2. The van der Waals surface area contributed by atoms with Gasteiger partial charge in [0, 0.05) is 31.4 Å². The van der Waals surface area contributed by atoms with Crippen LogP contribution in [0.1, 0.15) is 28.8 Å². The van der Waals surface area contributed by atoms with Crippen molar-refractivity contribution in [1.29, 1.82) is 0 Å². The summed E-state index contributed by atoms with van der Waals surface area (Å²) in [6.07, 6.45) is 1.81. The number of amides is 1. The predicted molar refractivity (Wildman–Crippen MR) is 77.8 cm³/mol. The van der Waals surface area contributed by atoms with Crippen LogP contribution >= 0.6 is 12.4 Å². The number of benzene rings is 1. The average Bonchev–Trinajstić information content (AvgIpc) is 2.41. The highest BCUT2D eigenvalue weighted by atomic mass is 35.5. The maximum atomic E-state index is 12.0. The highest BCUT2D eigenvalue weighted by Gasteiger charge is 2.16. The van der Waals surface area contributed by atoms with Gasteiger partial charge in [-0.2, -0.15) is 0 Å². The highest BCUT2D eigenvalue weighted by Crippen LogP contribution is 2.09. The van der Waals surface area contributed by atoms with Crippen molar-refractivity contribution in [3.63, 3.8) is 0 Å². The van der Waals surface area contributed by atoms with E-state index in [1.807, 2.05) is 31.3 Å². The summed E-state index contributed by atoms with van der Waals surface area (Å²) in [5.74, 6) is 0.0120. The van der Waals surface area contributed by atoms with E-state index in [1.54, 1.807) is 0 Å². The topological polar surface area (TPSA) is 50.4 Å². The molecule has 4 nitrogen and oxygen atoms in total. The molecule has 1 aromatic rings. The summed E-state index contributed by atoms with van der Waals surface area (Å²) < 4.78 is 5.27. The van der Waals surface area contributed by atoms with Crippen LogP contribution in [0.4, 0.5) is 0 Å². The molecular formula is C14H21ClN2O2. The molecule has 0 bridgehead atoms. The van der Waals surface area contributed by atoms with Gasteiger partial charge >= 0.3 is 0 Å². The number of carbonyl (C=O) groups excluding carboxylic acids is 1. The zero-order chi connectivity index (χ0) is 12.8. The number of carbonyl (C=O) groups is 1. The third-order valence-corrected chi connectivity index (χ3v) is 3.15. The van der Waals surface area contributed by atoms with E-state index >= 15 is 0 Å². The Labute approximate surface area is 120 Å². The van der Waals surface area contributed by atoms with Gasteiger partial charge in [-0.1, -0.05) is 12.1 Å². The molecule has 1 aromatic carbocycles. The maximum absolute atomic E-state index is 12.0. The Balaban J connectivity index is 0.00000180. The Morgan fingerprint density at radius 1 is 1.26 bits per heavy atom. The Bertz CT molecular complexity index is 389. The highest BCUT2D eigenvalue weighted by molar-refractivity contribution is 5.94. The largest absolute Gasteiger partial charge is 0.381 e. The summed E-state index contributed by atoms with van der Waals surface area (Å²) in [6, 6.07) is 7.97. The minimum atomic E-state index is 0. The van der Waals surface area contributed by atoms with E-state index in [-0.39, 0.29) is 24.4 Å². The molecule has 1 aliphatic rings. The zero-order valence-electron chi connectivity index (χ0n) is 11.1. The van der Waals surface area contributed by atoms with Crippen molar-refractivity contribution in [1.82, 2.24) is 10.6 Å². The number of hydrogen-bond acceptors (Lipinski definition) is 3. The summed E-state index contributed by atoms with van der Waals surface area (Å²) in [6.45, 7) is 2.31. The monoisotopic (exact) mass is 284 g/mol. The summed E-state index contributed by atoms with van der Waals surface area (Å²) in [4.78, 5) is 12.0. The van der Waals surface area contributed by atoms with E-state index < -0.39 is 0 Å². The molecule has 19 heavy (non-hydrogen) atoms. The van der Waals surface area contributed by atoms with E-state index in [4.69, 9.17) is 4.74 Å². The third-order valence-electron chi connectivity index (χ3n) is 3.15. The molecule has 0 aliphatic carbocycles. The molecule has 2 N–H and O–H groups in total. The molecule has 1 fully saturated rings. The van der Waals surface area contributed by atoms with Crippen LogP contribution in [-0.2, 0) is 11.3 Å². The van der Waals surface area contributed by atoms with Gasteiger partial charge in [-0.25, -0.2) is 0 Å². The van der Waals surface area contributed by atoms with Crippen molar-refractivity contribution in [2.45, 2.75) is 25.4 Å². The fourth-order valence-electron chi connectivity index (χ4n) is 2.09. The molecule has 1 amide bonds. The SMILES string of the molecule is CNCc1ccc(C(=O)NC2CCOCC2)cc1.Cl. The minimum Gasteiger partial charge on any atom is -0.381 e. The Morgan fingerprint density at radius 2 is 1.89 bits per heavy atom. The van der Waals surface area contributed by atoms with Crippen LogP contribution in [0, 0.1) is 0 Å². The molecule has 0 saturated carbocycles. The molecule has 0 aromatic heterocycles. The average molecular weight is 285 g/mol. The van der Waals surface area contributed by atoms with Gasteiger partial charge in [0.25, 0.3) is 5.91 Å². The Morgan fingerprint density at radius 3 is 2.47 bits per heavy atom. The van der Waals surface area contributed by atoms with Crippen LogP contribution in [-0.4, -0.2) is 32.2 Å². The molecular weight excluding hydrogens is 264 g/mol. The molecule has 1 saturated heterocycles. The molecule has 106 valence electrons. The smallest absolute Gasteiger partial charge is 0.251 e. The molecule has 0 unspecified atom stereocenters. The van der Waals surface area contributed by atoms with Gasteiger partial charge in [0.1, 0.15) is 0 Å². The van der Waals surface area contributed by atoms with Gasteiger partial charge in [-0.15, -0.1) is 12.4 Å². The van der Waals surface area contributed by atoms with Crippen molar-refractivity contribution in [3.05, 3.63) is 35.4 Å². The van der Waals surface area contributed by atoms with Gasteiger partial charge in [-0.3, -0.25) is 4.79 Å². The lowest BCUT2D eigenvalue weighted by atomic mass is 10.1. The van der Waals surface area contributed by atoms with Crippen molar-refractivity contribution in [3.8, 4) is 0 Å². The molecule has 0 atom stereocenters. The van der Waals surface area contributed by atoms with Crippen molar-refractivity contribution in [2.75, 3.05) is 20.3 Å². The Hall–Kier alpha value is -1.10. The lowest BCUT2D eigenvalue weighted by Gasteiger charge is -2.23. The van der Waals surface area contributed by atoms with E-state index in [2.05, 4.69) is 10.6 Å². The second kappa shape index (κ2) is 8.15. The summed E-state index contributed by atoms with van der Waals surface area (Å²) in [5.41, 5.74) is 1.90. The molecule has 0 spiro atoms. The van der Waals surface area contributed by atoms with Crippen molar-refractivity contribution >= 4 is 18.3 Å². The number of rotatable bonds is 4. The van der Waals surface area contributed by atoms with Crippen LogP contribution in [0.15, 0.2) is 24.3 Å². The zero-order valence-corrected chi connectivity index (χ0v) is 12.0. The minimum absolute atomic E-state index is 0. The molecule has 5 heteroatoms. The summed E-state index contributed by atoms with van der Waals surface area (Å²) in [7, 11) is 1.91. The standard InChI is InChI=1S/C14H20N2O2.ClH/c1-15-10-11-2-4-12(5-3-11)14(17)16-13-6-8-18-9-7-13;/h2-5,13,15H,6-10H2,1H3,(H,16,17);1H. The van der Waals surface area contributed by atoms with Crippen LogP contribution in [0.5, 0.6) is 0 Å². The van der Waals surface area contributed by atoms with Crippen LogP contribution < -0.4 is 10.6 Å². The number of ether oxygens (including phenoxy) is 1. The Kier molecular flexibility index (Phi) is 6.84. The van der Waals surface area contributed by atoms with Gasteiger partial charge in [0.2, 0.25) is 0 Å². The molecule has 1 heterocycles. The normalized spacial score (nSPS) is 15.6. The van der Waals surface area contributed by atoms with Gasteiger partial charge in [-0.05, 0) is 37.6 Å². The second-order valence-corrected chi connectivity index (χ2v) is 4.59. The van der Waals surface area contributed by atoms with Crippen LogP contribution in [0.3, 0.4) is 0 Å². The molecule has 2 rings (SSSR count). The quantitative estimate of drug-likeness (QED) is 0.885. The first-order chi connectivity index (χ1) is 8.79. The van der Waals surface area contributed by atoms with E-state index in [1.165, 1.54) is 5.56 Å². The first-order valence-electron chi connectivity index (χ1n) is 6.42.